The van der Waals surface area contributed by atoms with Gasteiger partial charge in [-0.05, 0) is 48.5 Å². The van der Waals surface area contributed by atoms with Crippen LogP contribution >= 0.6 is 34.5 Å². The van der Waals surface area contributed by atoms with E-state index in [9.17, 15) is 13.2 Å². The highest BCUT2D eigenvalue weighted by atomic mass is 35.5. The van der Waals surface area contributed by atoms with Crippen molar-refractivity contribution in [2.75, 3.05) is 5.32 Å². The van der Waals surface area contributed by atoms with Crippen molar-refractivity contribution in [1.82, 2.24) is 0 Å². The predicted octanol–water partition coefficient (Wildman–Crippen LogP) is 5.14. The van der Waals surface area contributed by atoms with Gasteiger partial charge in [0.1, 0.15) is 4.90 Å². The molecule has 0 radical (unpaired) electrons. The van der Waals surface area contributed by atoms with E-state index in [-0.39, 0.29) is 15.5 Å². The van der Waals surface area contributed by atoms with Gasteiger partial charge in [-0.1, -0.05) is 23.2 Å². The molecule has 0 aliphatic rings. The molecule has 3 rings (SSSR count). The summed E-state index contributed by atoms with van der Waals surface area (Å²) in [4.78, 5) is 12.5. The third-order valence-corrected chi connectivity index (χ3v) is 6.60. The van der Waals surface area contributed by atoms with Crippen LogP contribution in [0.25, 0.3) is 0 Å². The summed E-state index contributed by atoms with van der Waals surface area (Å²) >= 11 is 12.8. The fraction of sp³-hybridized carbons (Fsp3) is 0. The molecule has 0 aliphatic carbocycles. The third-order valence-electron chi connectivity index (χ3n) is 3.39. The number of nitrogens with one attached hydrogen (secondary N) is 1. The molecule has 0 unspecified atom stereocenters. The van der Waals surface area contributed by atoms with E-state index < -0.39 is 15.7 Å². The van der Waals surface area contributed by atoms with Crippen molar-refractivity contribution >= 4 is 56.0 Å². The monoisotopic (exact) mass is 411 g/mol. The minimum Gasteiger partial charge on any atom is -0.320 e. The van der Waals surface area contributed by atoms with Gasteiger partial charge >= 0.3 is 0 Å². The maximum absolute atomic E-state index is 12.8. The van der Waals surface area contributed by atoms with E-state index in [0.29, 0.717) is 15.6 Å². The number of carbonyl (C=O) groups excluding carboxylic acids is 1. The Hall–Kier alpha value is -1.86. The van der Waals surface area contributed by atoms with Crippen LogP contribution in [0, 0.1) is 0 Å². The molecule has 0 bridgehead atoms. The topological polar surface area (TPSA) is 63.2 Å². The van der Waals surface area contributed by atoms with Crippen LogP contribution in [-0.4, -0.2) is 14.3 Å². The van der Waals surface area contributed by atoms with Gasteiger partial charge in [0.15, 0.2) is 0 Å². The van der Waals surface area contributed by atoms with Gasteiger partial charge in [0, 0.05) is 26.4 Å². The highest BCUT2D eigenvalue weighted by Crippen LogP contribution is 2.32. The number of rotatable bonds is 4. The second-order valence-corrected chi connectivity index (χ2v) is 8.60. The summed E-state index contributed by atoms with van der Waals surface area (Å²) in [6.07, 6.45) is 0. The van der Waals surface area contributed by atoms with E-state index in [1.807, 2.05) is 0 Å². The fourth-order valence-corrected chi connectivity index (χ4v) is 4.91. The first kappa shape index (κ1) is 17.9. The third kappa shape index (κ3) is 3.88. The second-order valence-electron chi connectivity index (χ2n) is 5.07. The first-order valence-electron chi connectivity index (χ1n) is 7.02. The zero-order chi connectivity index (χ0) is 18.0. The number of hydrogen-bond donors (Lipinski definition) is 1. The molecule has 1 amide bonds. The molecular weight excluding hydrogens is 401 g/mol. The molecule has 1 heterocycles. The number of anilines is 1. The number of carbonyl (C=O) groups is 1. The Labute approximate surface area is 158 Å². The van der Waals surface area contributed by atoms with Crippen molar-refractivity contribution in [1.29, 1.82) is 0 Å². The largest absolute Gasteiger partial charge is 0.320 e. The van der Waals surface area contributed by atoms with Crippen molar-refractivity contribution in [3.05, 3.63) is 74.9 Å². The van der Waals surface area contributed by atoms with Crippen LogP contribution in [0.2, 0.25) is 10.0 Å². The Morgan fingerprint density at radius 3 is 2.04 bits per heavy atom. The van der Waals surface area contributed by atoms with Gasteiger partial charge in [0.2, 0.25) is 9.84 Å². The zero-order valence-corrected chi connectivity index (χ0v) is 15.7. The van der Waals surface area contributed by atoms with Crippen molar-refractivity contribution in [2.45, 2.75) is 9.79 Å². The molecule has 0 fully saturated rings. The normalized spacial score (nSPS) is 11.3. The van der Waals surface area contributed by atoms with Gasteiger partial charge in [-0.2, -0.15) is 0 Å². The Morgan fingerprint density at radius 1 is 0.880 bits per heavy atom. The van der Waals surface area contributed by atoms with Crippen molar-refractivity contribution < 1.29 is 13.2 Å². The summed E-state index contributed by atoms with van der Waals surface area (Å²) < 4.78 is 25.6. The lowest BCUT2D eigenvalue weighted by Gasteiger charge is -2.08. The van der Waals surface area contributed by atoms with Gasteiger partial charge in [0.25, 0.3) is 5.91 Å². The van der Waals surface area contributed by atoms with E-state index in [0.717, 1.165) is 0 Å². The second kappa shape index (κ2) is 7.17. The van der Waals surface area contributed by atoms with Gasteiger partial charge in [0.05, 0.1) is 10.6 Å². The highest BCUT2D eigenvalue weighted by molar-refractivity contribution is 7.91. The zero-order valence-electron chi connectivity index (χ0n) is 12.6. The Balaban J connectivity index is 1.91. The average molecular weight is 412 g/mol. The molecule has 128 valence electrons. The SMILES string of the molecule is O=C(Nc1cscc1S(=O)(=O)c1ccc(Cl)cc1)c1ccc(Cl)cc1. The van der Waals surface area contributed by atoms with E-state index in [1.54, 1.807) is 29.6 Å². The van der Waals surface area contributed by atoms with E-state index in [1.165, 1.54) is 41.0 Å². The van der Waals surface area contributed by atoms with Crippen LogP contribution < -0.4 is 5.32 Å². The summed E-state index contributed by atoms with van der Waals surface area (Å²) in [6, 6.07) is 12.2. The van der Waals surface area contributed by atoms with Gasteiger partial charge < -0.3 is 5.32 Å². The molecule has 0 saturated heterocycles. The molecule has 0 aliphatic heterocycles. The quantitative estimate of drug-likeness (QED) is 0.646. The van der Waals surface area contributed by atoms with E-state index >= 15 is 0 Å². The van der Waals surface area contributed by atoms with Crippen LogP contribution in [0.1, 0.15) is 10.4 Å². The maximum Gasteiger partial charge on any atom is 0.255 e. The lowest BCUT2D eigenvalue weighted by atomic mass is 10.2. The van der Waals surface area contributed by atoms with Crippen LogP contribution in [0.3, 0.4) is 0 Å². The fourth-order valence-electron chi connectivity index (χ4n) is 2.12. The summed E-state index contributed by atoms with van der Waals surface area (Å²) in [5, 5.41) is 6.66. The van der Waals surface area contributed by atoms with Gasteiger partial charge in [-0.25, -0.2) is 8.42 Å². The maximum atomic E-state index is 12.8. The molecule has 1 N–H and O–H groups in total. The smallest absolute Gasteiger partial charge is 0.255 e. The average Bonchev–Trinajstić information content (AvgIpc) is 3.05. The molecule has 25 heavy (non-hydrogen) atoms. The minimum atomic E-state index is -3.76. The first-order chi connectivity index (χ1) is 11.9. The number of hydrogen-bond acceptors (Lipinski definition) is 4. The molecule has 0 saturated carbocycles. The van der Waals surface area contributed by atoms with Crippen LogP contribution in [0.5, 0.6) is 0 Å². The minimum absolute atomic E-state index is 0.0436. The number of thiophene rings is 1. The summed E-state index contributed by atoms with van der Waals surface area (Å²) in [5.74, 6) is -0.414. The molecule has 3 aromatic rings. The number of sulfone groups is 1. The van der Waals surface area contributed by atoms with Crippen molar-refractivity contribution in [2.24, 2.45) is 0 Å². The van der Waals surface area contributed by atoms with Crippen molar-refractivity contribution in [3.8, 4) is 0 Å². The summed E-state index contributed by atoms with van der Waals surface area (Å²) in [7, 11) is -3.76. The Bertz CT molecular complexity index is 1010. The van der Waals surface area contributed by atoms with Crippen LogP contribution in [0.15, 0.2) is 69.1 Å². The number of halogens is 2. The standard InChI is InChI=1S/C17H11Cl2NO3S2/c18-12-3-1-11(2-4-12)17(21)20-15-9-24-10-16(15)25(22,23)14-7-5-13(19)6-8-14/h1-10H,(H,20,21). The lowest BCUT2D eigenvalue weighted by molar-refractivity contribution is 0.102. The Kier molecular flexibility index (Phi) is 5.15. The molecule has 4 nitrogen and oxygen atoms in total. The molecule has 2 aromatic carbocycles. The van der Waals surface area contributed by atoms with Crippen LogP contribution in [0.4, 0.5) is 5.69 Å². The molecular formula is C17H11Cl2NO3S2. The van der Waals surface area contributed by atoms with Gasteiger partial charge in [-0.3, -0.25) is 4.79 Å². The predicted molar refractivity (Wildman–Crippen MR) is 101 cm³/mol. The molecule has 0 spiro atoms. The van der Waals surface area contributed by atoms with E-state index in [4.69, 9.17) is 23.2 Å². The number of amides is 1. The summed E-state index contributed by atoms with van der Waals surface area (Å²) in [6.45, 7) is 0. The lowest BCUT2D eigenvalue weighted by Crippen LogP contribution is -2.13. The Morgan fingerprint density at radius 2 is 1.44 bits per heavy atom. The molecule has 0 atom stereocenters. The van der Waals surface area contributed by atoms with Gasteiger partial charge in [-0.15, -0.1) is 11.3 Å². The van der Waals surface area contributed by atoms with Crippen LogP contribution in [-0.2, 0) is 9.84 Å². The molecule has 8 heteroatoms. The molecule has 1 aromatic heterocycles. The number of benzene rings is 2. The first-order valence-corrected chi connectivity index (χ1v) is 10.2. The van der Waals surface area contributed by atoms with E-state index in [2.05, 4.69) is 5.32 Å². The highest BCUT2D eigenvalue weighted by Gasteiger charge is 2.23. The summed E-state index contributed by atoms with van der Waals surface area (Å²) in [5.41, 5.74) is 0.616. The van der Waals surface area contributed by atoms with Crippen molar-refractivity contribution in [3.63, 3.8) is 0 Å².